The lowest BCUT2D eigenvalue weighted by Crippen LogP contribution is -2.54. The molecule has 1 N–H and O–H groups in total. The Morgan fingerprint density at radius 2 is 1.77 bits per heavy atom. The highest BCUT2D eigenvalue weighted by atomic mass is 16.5. The lowest BCUT2D eigenvalue weighted by molar-refractivity contribution is -0.132. The molecule has 1 aromatic heterocycles. The van der Waals surface area contributed by atoms with Gasteiger partial charge in [-0.3, -0.25) is 4.79 Å². The van der Waals surface area contributed by atoms with Crippen LogP contribution >= 0.6 is 0 Å². The quantitative estimate of drug-likeness (QED) is 0.904. The molecule has 1 amide bonds. The highest BCUT2D eigenvalue weighted by Crippen LogP contribution is 2.32. The summed E-state index contributed by atoms with van der Waals surface area (Å²) in [4.78, 5) is 21.8. The number of amides is 1. The summed E-state index contributed by atoms with van der Waals surface area (Å²) in [5, 5.41) is 3.15. The minimum absolute atomic E-state index is 0.181. The van der Waals surface area contributed by atoms with Crippen molar-refractivity contribution in [3.8, 4) is 11.5 Å². The second-order valence-electron chi connectivity index (χ2n) is 6.45. The number of para-hydroxylation sites is 2. The molecule has 2 aromatic rings. The molecule has 3 heterocycles. The molecule has 1 fully saturated rings. The van der Waals surface area contributed by atoms with Crippen LogP contribution in [0.1, 0.15) is 25.1 Å². The molecule has 1 aromatic carbocycles. The standard InChI is InChI=1S/C19H21N3O4/c23-17(16-6-11-25-14-4-1-2-5-15(14)26-16)22-19(7-12-24-13-8-19)18-20-9-3-10-21-18/h1-5,9-10,16H,6-8,11-13H2,(H,22,23). The Bertz CT molecular complexity index is 762. The predicted molar refractivity (Wildman–Crippen MR) is 92.9 cm³/mol. The number of hydrogen-bond acceptors (Lipinski definition) is 6. The maximum atomic E-state index is 13.0. The van der Waals surface area contributed by atoms with Crippen molar-refractivity contribution in [3.63, 3.8) is 0 Å². The smallest absolute Gasteiger partial charge is 0.262 e. The van der Waals surface area contributed by atoms with Gasteiger partial charge in [-0.05, 0) is 18.2 Å². The number of nitrogens with one attached hydrogen (secondary N) is 1. The van der Waals surface area contributed by atoms with E-state index in [0.717, 1.165) is 0 Å². The number of ether oxygens (including phenoxy) is 3. The van der Waals surface area contributed by atoms with Crippen LogP contribution < -0.4 is 14.8 Å². The normalized spacial score (nSPS) is 21.5. The fraction of sp³-hybridized carbons (Fsp3) is 0.421. The molecule has 1 atom stereocenters. The number of aromatic nitrogens is 2. The van der Waals surface area contributed by atoms with E-state index in [4.69, 9.17) is 14.2 Å². The van der Waals surface area contributed by atoms with Crippen LogP contribution in [0.15, 0.2) is 42.7 Å². The van der Waals surface area contributed by atoms with E-state index in [9.17, 15) is 4.79 Å². The average molecular weight is 355 g/mol. The Morgan fingerprint density at radius 3 is 2.54 bits per heavy atom. The second kappa shape index (κ2) is 7.29. The van der Waals surface area contributed by atoms with Crippen LogP contribution in [-0.2, 0) is 15.1 Å². The molecule has 0 bridgehead atoms. The number of carbonyl (C=O) groups is 1. The maximum absolute atomic E-state index is 13.0. The van der Waals surface area contributed by atoms with Crippen LogP contribution in [0.2, 0.25) is 0 Å². The highest BCUT2D eigenvalue weighted by Gasteiger charge is 2.40. The molecule has 136 valence electrons. The SMILES string of the molecule is O=C(NC1(c2ncccn2)CCOCC1)C1CCOc2ccccc2O1. The van der Waals surface area contributed by atoms with Gasteiger partial charge in [0.05, 0.1) is 6.61 Å². The molecule has 26 heavy (non-hydrogen) atoms. The number of hydrogen-bond donors (Lipinski definition) is 1. The zero-order chi connectivity index (χ0) is 17.8. The Morgan fingerprint density at radius 1 is 1.04 bits per heavy atom. The van der Waals surface area contributed by atoms with Gasteiger partial charge in [-0.25, -0.2) is 9.97 Å². The van der Waals surface area contributed by atoms with Crippen LogP contribution in [0, 0.1) is 0 Å². The number of nitrogens with zero attached hydrogens (tertiary/aromatic N) is 2. The van der Waals surface area contributed by atoms with Crippen LogP contribution in [-0.4, -0.2) is 41.8 Å². The zero-order valence-electron chi connectivity index (χ0n) is 14.4. The molecular weight excluding hydrogens is 334 g/mol. The van der Waals surface area contributed by atoms with Gasteiger partial charge >= 0.3 is 0 Å². The zero-order valence-corrected chi connectivity index (χ0v) is 14.4. The Labute approximate surface area is 151 Å². The summed E-state index contributed by atoms with van der Waals surface area (Å²) in [6.45, 7) is 1.53. The van der Waals surface area contributed by atoms with Gasteiger partial charge in [0.1, 0.15) is 5.54 Å². The highest BCUT2D eigenvalue weighted by molar-refractivity contribution is 5.82. The first-order valence-corrected chi connectivity index (χ1v) is 8.83. The lowest BCUT2D eigenvalue weighted by Gasteiger charge is -2.37. The molecule has 1 saturated heterocycles. The summed E-state index contributed by atoms with van der Waals surface area (Å²) in [5.41, 5.74) is -0.632. The Kier molecular flexibility index (Phi) is 4.71. The minimum atomic E-state index is -0.632. The third kappa shape index (κ3) is 3.35. The van der Waals surface area contributed by atoms with Crippen molar-refractivity contribution in [1.82, 2.24) is 15.3 Å². The van der Waals surface area contributed by atoms with E-state index in [1.165, 1.54) is 0 Å². The van der Waals surface area contributed by atoms with Gasteiger partial charge in [0, 0.05) is 44.9 Å². The lowest BCUT2D eigenvalue weighted by atomic mass is 9.88. The fourth-order valence-electron chi connectivity index (χ4n) is 3.33. The minimum Gasteiger partial charge on any atom is -0.490 e. The second-order valence-corrected chi connectivity index (χ2v) is 6.45. The number of benzene rings is 1. The van der Waals surface area contributed by atoms with E-state index in [0.29, 0.717) is 56.4 Å². The molecule has 0 aliphatic carbocycles. The van der Waals surface area contributed by atoms with E-state index < -0.39 is 11.6 Å². The topological polar surface area (TPSA) is 82.6 Å². The number of carbonyl (C=O) groups excluding carboxylic acids is 1. The molecule has 4 rings (SSSR count). The molecule has 1 unspecified atom stereocenters. The van der Waals surface area contributed by atoms with Crippen LogP contribution in [0.3, 0.4) is 0 Å². The first-order valence-electron chi connectivity index (χ1n) is 8.83. The van der Waals surface area contributed by atoms with E-state index in [1.54, 1.807) is 18.5 Å². The summed E-state index contributed by atoms with van der Waals surface area (Å²) in [5.74, 6) is 1.68. The van der Waals surface area contributed by atoms with E-state index >= 15 is 0 Å². The van der Waals surface area contributed by atoms with Gasteiger partial charge in [-0.2, -0.15) is 0 Å². The van der Waals surface area contributed by atoms with Gasteiger partial charge in [-0.15, -0.1) is 0 Å². The fourth-order valence-corrected chi connectivity index (χ4v) is 3.33. The van der Waals surface area contributed by atoms with Crippen molar-refractivity contribution in [2.45, 2.75) is 30.9 Å². The molecule has 0 radical (unpaired) electrons. The summed E-state index contributed by atoms with van der Waals surface area (Å²) >= 11 is 0. The van der Waals surface area contributed by atoms with Crippen LogP contribution in [0.4, 0.5) is 0 Å². The van der Waals surface area contributed by atoms with Gasteiger partial charge in [-0.1, -0.05) is 12.1 Å². The Balaban J connectivity index is 1.55. The first-order chi connectivity index (χ1) is 12.8. The van der Waals surface area contributed by atoms with Crippen molar-refractivity contribution in [2.24, 2.45) is 0 Å². The molecule has 2 aliphatic heterocycles. The first kappa shape index (κ1) is 16.8. The third-order valence-corrected chi connectivity index (χ3v) is 4.75. The van der Waals surface area contributed by atoms with Crippen molar-refractivity contribution in [1.29, 1.82) is 0 Å². The van der Waals surface area contributed by atoms with Crippen molar-refractivity contribution in [2.75, 3.05) is 19.8 Å². The van der Waals surface area contributed by atoms with Gasteiger partial charge < -0.3 is 19.5 Å². The van der Waals surface area contributed by atoms with E-state index in [2.05, 4.69) is 15.3 Å². The van der Waals surface area contributed by atoms with Gasteiger partial charge in [0.15, 0.2) is 23.4 Å². The van der Waals surface area contributed by atoms with Crippen LogP contribution in [0.5, 0.6) is 11.5 Å². The van der Waals surface area contributed by atoms with Crippen molar-refractivity contribution < 1.29 is 19.0 Å². The van der Waals surface area contributed by atoms with Gasteiger partial charge in [0.25, 0.3) is 5.91 Å². The monoisotopic (exact) mass is 355 g/mol. The van der Waals surface area contributed by atoms with Gasteiger partial charge in [0.2, 0.25) is 0 Å². The molecule has 7 heteroatoms. The number of fused-ring (bicyclic) bond motifs is 1. The third-order valence-electron chi connectivity index (χ3n) is 4.75. The largest absolute Gasteiger partial charge is 0.490 e. The molecular formula is C19H21N3O4. The predicted octanol–water partition coefficient (Wildman–Crippen LogP) is 1.83. The summed E-state index contributed by atoms with van der Waals surface area (Å²) in [6.07, 6.45) is 4.49. The van der Waals surface area contributed by atoms with E-state index in [-0.39, 0.29) is 5.91 Å². The summed E-state index contributed by atoms with van der Waals surface area (Å²) in [7, 11) is 0. The maximum Gasteiger partial charge on any atom is 0.262 e. The average Bonchev–Trinajstić information content (AvgIpc) is 2.92. The summed E-state index contributed by atoms with van der Waals surface area (Å²) in [6, 6.07) is 9.16. The Hall–Kier alpha value is -2.67. The molecule has 0 spiro atoms. The summed E-state index contributed by atoms with van der Waals surface area (Å²) < 4.78 is 17.1. The van der Waals surface area contributed by atoms with Crippen LogP contribution in [0.25, 0.3) is 0 Å². The molecule has 0 saturated carbocycles. The van der Waals surface area contributed by atoms with Crippen molar-refractivity contribution >= 4 is 5.91 Å². The molecule has 7 nitrogen and oxygen atoms in total. The van der Waals surface area contributed by atoms with Crippen molar-refractivity contribution in [3.05, 3.63) is 48.5 Å². The molecule has 2 aliphatic rings. The van der Waals surface area contributed by atoms with E-state index in [1.807, 2.05) is 24.3 Å². The number of rotatable bonds is 3.